The van der Waals surface area contributed by atoms with Gasteiger partial charge in [0.2, 0.25) is 11.8 Å². The van der Waals surface area contributed by atoms with E-state index in [1.54, 1.807) is 0 Å². The minimum absolute atomic E-state index is 0.113. The van der Waals surface area contributed by atoms with Crippen molar-refractivity contribution >= 4 is 23.8 Å². The Morgan fingerprint density at radius 1 is 0.872 bits per heavy atom. The summed E-state index contributed by atoms with van der Waals surface area (Å²) in [6.07, 6.45) is -0.0176. The molecule has 0 unspecified atom stereocenters. The van der Waals surface area contributed by atoms with Crippen LogP contribution in [-0.4, -0.2) is 71.1 Å². The second-order valence-electron chi connectivity index (χ2n) is 12.6. The number of benzene rings is 3. The van der Waals surface area contributed by atoms with E-state index in [-0.39, 0.29) is 49.6 Å². The van der Waals surface area contributed by atoms with Crippen molar-refractivity contribution in [3.05, 3.63) is 101 Å². The van der Waals surface area contributed by atoms with Crippen LogP contribution in [0.5, 0.6) is 5.75 Å². The van der Waals surface area contributed by atoms with Gasteiger partial charge in [0.1, 0.15) is 11.8 Å². The third kappa shape index (κ3) is 10.1. The summed E-state index contributed by atoms with van der Waals surface area (Å²) < 4.78 is 5.89. The molecule has 10 heteroatoms. The summed E-state index contributed by atoms with van der Waals surface area (Å²) >= 11 is 0. The number of aliphatic hydroxyl groups is 1. The van der Waals surface area contributed by atoms with Gasteiger partial charge in [0.05, 0.1) is 12.1 Å². The highest BCUT2D eigenvalue weighted by Crippen LogP contribution is 2.22. The maximum Gasteiger partial charge on any atom is 0.324 e. The van der Waals surface area contributed by atoms with Crippen molar-refractivity contribution in [1.82, 2.24) is 20.9 Å². The van der Waals surface area contributed by atoms with Crippen molar-refractivity contribution in [1.29, 1.82) is 0 Å². The lowest BCUT2D eigenvalue weighted by Crippen LogP contribution is -2.60. The van der Waals surface area contributed by atoms with Gasteiger partial charge >= 0.3 is 6.03 Å². The van der Waals surface area contributed by atoms with Crippen LogP contribution in [0.2, 0.25) is 0 Å². The van der Waals surface area contributed by atoms with Crippen LogP contribution in [-0.2, 0) is 27.2 Å². The van der Waals surface area contributed by atoms with E-state index in [2.05, 4.69) is 16.0 Å². The molecule has 0 aliphatic carbocycles. The number of nitrogens with zero attached hydrogens (tertiary/aromatic N) is 1. The summed E-state index contributed by atoms with van der Waals surface area (Å²) in [7, 11) is 0. The first-order valence-electron chi connectivity index (χ1n) is 16.2. The van der Waals surface area contributed by atoms with E-state index in [9.17, 15) is 24.3 Å². The Bertz CT molecular complexity index is 1490. The molecular weight excluding hydrogens is 596 g/mol. The Hall–Kier alpha value is -4.70. The highest BCUT2D eigenvalue weighted by Gasteiger charge is 2.37. The summed E-state index contributed by atoms with van der Waals surface area (Å²) in [6, 6.07) is 22.3. The molecule has 5 amide bonds. The van der Waals surface area contributed by atoms with E-state index < -0.39 is 30.3 Å². The molecule has 1 aliphatic heterocycles. The Morgan fingerprint density at radius 3 is 2.04 bits per heavy atom. The molecule has 4 N–H and O–H groups in total. The van der Waals surface area contributed by atoms with Crippen LogP contribution < -0.4 is 20.7 Å². The molecule has 1 saturated heterocycles. The third-order valence-corrected chi connectivity index (χ3v) is 8.39. The Kier molecular flexibility index (Phi) is 12.5. The molecule has 3 aromatic carbocycles. The first-order valence-corrected chi connectivity index (χ1v) is 16.2. The standard InChI is InChI=1S/C37H46N4O6/c1-24(2)34(41-19-18-32(43)40-37(41)46)36(45)38-29(20-27-14-7-5-8-15-27)22-31(42)30(21-28-16-9-6-10-17-28)39-33(44)23-47-35-25(3)12-11-13-26(35)4/h5-17,24,29-31,34,42H,18-23H2,1-4H3,(H,38,45)(H,39,44)(H,40,43,46)/t29-,30-,31-,34-/m0/s1. The smallest absolute Gasteiger partial charge is 0.324 e. The minimum Gasteiger partial charge on any atom is -0.483 e. The second-order valence-corrected chi connectivity index (χ2v) is 12.6. The van der Waals surface area contributed by atoms with Crippen molar-refractivity contribution in [2.75, 3.05) is 13.2 Å². The highest BCUT2D eigenvalue weighted by molar-refractivity contribution is 5.99. The molecule has 4 atom stereocenters. The summed E-state index contributed by atoms with van der Waals surface area (Å²) in [5.41, 5.74) is 3.73. The zero-order chi connectivity index (χ0) is 33.9. The number of imide groups is 1. The molecule has 1 heterocycles. The molecule has 0 radical (unpaired) electrons. The van der Waals surface area contributed by atoms with Crippen molar-refractivity contribution < 1.29 is 29.0 Å². The van der Waals surface area contributed by atoms with Gasteiger partial charge in [0.25, 0.3) is 5.91 Å². The molecule has 4 rings (SSSR count). The van der Waals surface area contributed by atoms with Crippen molar-refractivity contribution in [3.63, 3.8) is 0 Å². The summed E-state index contributed by atoms with van der Waals surface area (Å²) in [5.74, 6) is -0.701. The van der Waals surface area contributed by atoms with Gasteiger partial charge in [-0.3, -0.25) is 19.7 Å². The number of para-hydroxylation sites is 1. The molecule has 1 aliphatic rings. The first kappa shape index (κ1) is 35.2. The molecule has 0 aromatic heterocycles. The van der Waals surface area contributed by atoms with Crippen LogP contribution in [0, 0.1) is 19.8 Å². The van der Waals surface area contributed by atoms with Gasteiger partial charge in [-0.1, -0.05) is 92.7 Å². The summed E-state index contributed by atoms with van der Waals surface area (Å²) in [5, 5.41) is 20.1. The fraction of sp³-hybridized carbons (Fsp3) is 0.405. The average molecular weight is 643 g/mol. The van der Waals surface area contributed by atoms with Gasteiger partial charge in [-0.15, -0.1) is 0 Å². The topological polar surface area (TPSA) is 137 Å². The normalized spacial score (nSPS) is 15.7. The number of carbonyl (C=O) groups excluding carboxylic acids is 4. The van der Waals surface area contributed by atoms with Crippen LogP contribution in [0.4, 0.5) is 4.79 Å². The number of aliphatic hydroxyl groups excluding tert-OH is 1. The Balaban J connectivity index is 1.53. The Morgan fingerprint density at radius 2 is 1.47 bits per heavy atom. The second kappa shape index (κ2) is 16.7. The zero-order valence-electron chi connectivity index (χ0n) is 27.6. The van der Waals surface area contributed by atoms with E-state index in [4.69, 9.17) is 4.74 Å². The van der Waals surface area contributed by atoms with Crippen molar-refractivity contribution in [3.8, 4) is 5.75 Å². The third-order valence-electron chi connectivity index (χ3n) is 8.39. The molecule has 0 bridgehead atoms. The van der Waals surface area contributed by atoms with Crippen LogP contribution >= 0.6 is 0 Å². The molecule has 0 spiro atoms. The van der Waals surface area contributed by atoms with E-state index >= 15 is 0 Å². The zero-order valence-corrected chi connectivity index (χ0v) is 27.6. The van der Waals surface area contributed by atoms with E-state index in [1.165, 1.54) is 4.90 Å². The molecule has 10 nitrogen and oxygen atoms in total. The SMILES string of the molecule is Cc1cccc(C)c1OCC(=O)N[C@@H](Cc1ccccc1)[C@@H](O)C[C@H](Cc1ccccc1)NC(=O)[C@H](C(C)C)N1CCC(=O)NC1=O. The quantitative estimate of drug-likeness (QED) is 0.199. The van der Waals surface area contributed by atoms with Crippen LogP contribution in [0.3, 0.4) is 0 Å². The highest BCUT2D eigenvalue weighted by atomic mass is 16.5. The number of nitrogens with one attached hydrogen (secondary N) is 3. The molecule has 1 fully saturated rings. The first-order chi connectivity index (χ1) is 22.5. The van der Waals surface area contributed by atoms with Crippen LogP contribution in [0.1, 0.15) is 48.9 Å². The lowest BCUT2D eigenvalue weighted by atomic mass is 9.92. The molecule has 3 aromatic rings. The number of ether oxygens (including phenoxy) is 1. The van der Waals surface area contributed by atoms with Gasteiger partial charge in [0.15, 0.2) is 6.61 Å². The van der Waals surface area contributed by atoms with Gasteiger partial charge in [-0.25, -0.2) is 4.79 Å². The number of hydrogen-bond acceptors (Lipinski definition) is 6. The van der Waals surface area contributed by atoms with Crippen molar-refractivity contribution in [2.24, 2.45) is 5.92 Å². The number of urea groups is 1. The van der Waals surface area contributed by atoms with Gasteiger partial charge < -0.3 is 25.4 Å². The monoisotopic (exact) mass is 642 g/mol. The fourth-order valence-corrected chi connectivity index (χ4v) is 6.05. The van der Waals surface area contributed by atoms with E-state index in [0.717, 1.165) is 22.3 Å². The van der Waals surface area contributed by atoms with Crippen LogP contribution in [0.15, 0.2) is 78.9 Å². The summed E-state index contributed by atoms with van der Waals surface area (Å²) in [4.78, 5) is 52.9. The predicted octanol–water partition coefficient (Wildman–Crippen LogP) is 3.85. The van der Waals surface area contributed by atoms with Crippen molar-refractivity contribution in [2.45, 2.75) is 77.6 Å². The largest absolute Gasteiger partial charge is 0.483 e. The lowest BCUT2D eigenvalue weighted by Gasteiger charge is -2.36. The number of rotatable bonds is 15. The average Bonchev–Trinajstić information content (AvgIpc) is 3.02. The van der Waals surface area contributed by atoms with Gasteiger partial charge in [0, 0.05) is 19.0 Å². The fourth-order valence-electron chi connectivity index (χ4n) is 6.05. The van der Waals surface area contributed by atoms with E-state index in [1.807, 2.05) is 107 Å². The number of hydrogen-bond donors (Lipinski definition) is 4. The predicted molar refractivity (Wildman–Crippen MR) is 180 cm³/mol. The molecule has 250 valence electrons. The number of aryl methyl sites for hydroxylation is 2. The van der Waals surface area contributed by atoms with Gasteiger partial charge in [-0.05, 0) is 61.3 Å². The summed E-state index contributed by atoms with van der Waals surface area (Å²) in [6.45, 7) is 7.46. The van der Waals surface area contributed by atoms with Crippen LogP contribution in [0.25, 0.3) is 0 Å². The van der Waals surface area contributed by atoms with E-state index in [0.29, 0.717) is 18.6 Å². The number of carbonyl (C=O) groups is 4. The minimum atomic E-state index is -1.04. The molecular formula is C37H46N4O6. The molecule has 47 heavy (non-hydrogen) atoms. The van der Waals surface area contributed by atoms with Gasteiger partial charge in [-0.2, -0.15) is 0 Å². The molecule has 0 saturated carbocycles. The number of amides is 5. The maximum absolute atomic E-state index is 13.8. The Labute approximate surface area is 276 Å². The lowest BCUT2D eigenvalue weighted by molar-refractivity contribution is -0.130. The maximum atomic E-state index is 13.8.